The highest BCUT2D eigenvalue weighted by molar-refractivity contribution is 7.89. The predicted molar refractivity (Wildman–Crippen MR) is 92.3 cm³/mol. The molecule has 0 N–H and O–H groups in total. The molecule has 0 atom stereocenters. The zero-order valence-corrected chi connectivity index (χ0v) is 15.3. The summed E-state index contributed by atoms with van der Waals surface area (Å²) in [6.07, 6.45) is 4.17. The second kappa shape index (κ2) is 6.64. The normalized spacial score (nSPS) is 17.3. The predicted octanol–water partition coefficient (Wildman–Crippen LogP) is 2.48. The minimum absolute atomic E-state index is 0.279. The second-order valence-electron chi connectivity index (χ2n) is 6.39. The minimum atomic E-state index is -3.42. The Balaban J connectivity index is 1.75. The highest BCUT2D eigenvalue weighted by atomic mass is 32.2. The largest absolute Gasteiger partial charge is 0.314 e. The average molecular weight is 348 g/mol. The smallest absolute Gasteiger partial charge is 0.243 e. The fourth-order valence-electron chi connectivity index (χ4n) is 3.21. The summed E-state index contributed by atoms with van der Waals surface area (Å²) in [5.74, 6) is 0.963. The maximum atomic E-state index is 12.9. The number of nitrogens with zero attached hydrogens (tertiary/aromatic N) is 4. The van der Waals surface area contributed by atoms with E-state index in [0.717, 1.165) is 36.2 Å². The molecule has 0 bridgehead atoms. The molecule has 0 saturated carbocycles. The van der Waals surface area contributed by atoms with Crippen LogP contribution in [-0.2, 0) is 16.4 Å². The fraction of sp³-hybridized carbons (Fsp3) is 0.529. The first-order chi connectivity index (χ1) is 11.4. The van der Waals surface area contributed by atoms with Gasteiger partial charge in [-0.15, -0.1) is 10.2 Å². The lowest BCUT2D eigenvalue weighted by molar-refractivity contribution is 0.270. The molecule has 0 aliphatic carbocycles. The number of hydrogen-bond acceptors (Lipinski definition) is 4. The number of piperidine rings is 1. The van der Waals surface area contributed by atoms with E-state index in [4.69, 9.17) is 0 Å². The molecule has 1 saturated heterocycles. The van der Waals surface area contributed by atoms with Crippen LogP contribution in [-0.4, -0.2) is 40.6 Å². The summed E-state index contributed by atoms with van der Waals surface area (Å²) in [5.41, 5.74) is 2.11. The molecule has 1 aromatic heterocycles. The number of benzene rings is 1. The van der Waals surface area contributed by atoms with Gasteiger partial charge in [0.2, 0.25) is 10.0 Å². The van der Waals surface area contributed by atoms with E-state index in [1.54, 1.807) is 22.8 Å². The molecule has 0 unspecified atom stereocenters. The van der Waals surface area contributed by atoms with Crippen LogP contribution >= 0.6 is 0 Å². The van der Waals surface area contributed by atoms with Gasteiger partial charge in [0.15, 0.2) is 0 Å². The molecule has 1 fully saturated rings. The molecular formula is C17H24N4O2S. The van der Waals surface area contributed by atoms with E-state index in [1.165, 1.54) is 0 Å². The third-order valence-electron chi connectivity index (χ3n) is 4.90. The van der Waals surface area contributed by atoms with E-state index in [1.807, 2.05) is 19.9 Å². The Morgan fingerprint density at radius 3 is 2.50 bits per heavy atom. The SMILES string of the molecule is CCc1nncn1C1CCN(S(=O)(=O)c2ccc(C)c(C)c2)CC1. The molecule has 2 heterocycles. The van der Waals surface area contributed by atoms with Gasteiger partial charge >= 0.3 is 0 Å². The second-order valence-corrected chi connectivity index (χ2v) is 8.33. The van der Waals surface area contributed by atoms with Crippen LogP contribution in [0.15, 0.2) is 29.4 Å². The van der Waals surface area contributed by atoms with Gasteiger partial charge in [0, 0.05) is 25.6 Å². The summed E-state index contributed by atoms with van der Waals surface area (Å²) in [4.78, 5) is 0.391. The van der Waals surface area contributed by atoms with Gasteiger partial charge in [-0.25, -0.2) is 8.42 Å². The van der Waals surface area contributed by atoms with Gasteiger partial charge in [0.05, 0.1) is 4.90 Å². The Labute approximate surface area is 143 Å². The Bertz CT molecular complexity index is 821. The van der Waals surface area contributed by atoms with Crippen LogP contribution in [0.25, 0.3) is 0 Å². The van der Waals surface area contributed by atoms with Crippen molar-refractivity contribution in [2.75, 3.05) is 13.1 Å². The highest BCUT2D eigenvalue weighted by Gasteiger charge is 2.30. The van der Waals surface area contributed by atoms with Crippen LogP contribution in [0, 0.1) is 13.8 Å². The zero-order valence-electron chi connectivity index (χ0n) is 14.4. The third-order valence-corrected chi connectivity index (χ3v) is 6.79. The minimum Gasteiger partial charge on any atom is -0.314 e. The van der Waals surface area contributed by atoms with Gasteiger partial charge < -0.3 is 4.57 Å². The molecule has 1 aliphatic heterocycles. The van der Waals surface area contributed by atoms with Crippen LogP contribution in [0.1, 0.15) is 42.8 Å². The lowest BCUT2D eigenvalue weighted by Crippen LogP contribution is -2.39. The van der Waals surface area contributed by atoms with Gasteiger partial charge in [-0.05, 0) is 49.9 Å². The van der Waals surface area contributed by atoms with E-state index in [9.17, 15) is 8.42 Å². The zero-order chi connectivity index (χ0) is 17.3. The summed E-state index contributed by atoms with van der Waals surface area (Å²) >= 11 is 0. The summed E-state index contributed by atoms with van der Waals surface area (Å²) in [5, 5.41) is 8.11. The van der Waals surface area contributed by atoms with Crippen molar-refractivity contribution in [3.8, 4) is 0 Å². The Morgan fingerprint density at radius 1 is 1.17 bits per heavy atom. The first-order valence-corrected chi connectivity index (χ1v) is 9.83. The van der Waals surface area contributed by atoms with Crippen molar-refractivity contribution in [1.82, 2.24) is 19.1 Å². The summed E-state index contributed by atoms with van der Waals surface area (Å²) in [6.45, 7) is 7.04. The topological polar surface area (TPSA) is 68.1 Å². The molecule has 0 amide bonds. The van der Waals surface area contributed by atoms with Crippen LogP contribution in [0.2, 0.25) is 0 Å². The van der Waals surface area contributed by atoms with Crippen molar-refractivity contribution in [2.45, 2.75) is 51.0 Å². The Hall–Kier alpha value is -1.73. The van der Waals surface area contributed by atoms with Crippen molar-refractivity contribution in [3.05, 3.63) is 41.5 Å². The van der Waals surface area contributed by atoms with Crippen LogP contribution < -0.4 is 0 Å². The molecule has 1 aromatic carbocycles. The number of aryl methyl sites for hydroxylation is 3. The molecule has 3 rings (SSSR count). The maximum absolute atomic E-state index is 12.9. The van der Waals surface area contributed by atoms with Crippen LogP contribution in [0.5, 0.6) is 0 Å². The first kappa shape index (κ1) is 17.1. The van der Waals surface area contributed by atoms with E-state index in [-0.39, 0.29) is 6.04 Å². The highest BCUT2D eigenvalue weighted by Crippen LogP contribution is 2.28. The van der Waals surface area contributed by atoms with E-state index < -0.39 is 10.0 Å². The Morgan fingerprint density at radius 2 is 1.88 bits per heavy atom. The third kappa shape index (κ3) is 3.10. The summed E-state index contributed by atoms with van der Waals surface area (Å²) in [7, 11) is -3.42. The van der Waals surface area contributed by atoms with E-state index >= 15 is 0 Å². The van der Waals surface area contributed by atoms with Crippen LogP contribution in [0.3, 0.4) is 0 Å². The van der Waals surface area contributed by atoms with E-state index in [0.29, 0.717) is 18.0 Å². The first-order valence-electron chi connectivity index (χ1n) is 8.39. The number of aromatic nitrogens is 3. The van der Waals surface area contributed by atoms with Gasteiger partial charge in [-0.3, -0.25) is 0 Å². The molecule has 6 nitrogen and oxygen atoms in total. The fourth-order valence-corrected chi connectivity index (χ4v) is 4.76. The van der Waals surface area contributed by atoms with Crippen molar-refractivity contribution < 1.29 is 8.42 Å². The van der Waals surface area contributed by atoms with Crippen molar-refractivity contribution in [1.29, 1.82) is 0 Å². The van der Waals surface area contributed by atoms with Gasteiger partial charge in [-0.2, -0.15) is 4.31 Å². The molecule has 0 spiro atoms. The van der Waals surface area contributed by atoms with Crippen LogP contribution in [0.4, 0.5) is 0 Å². The molecule has 130 valence electrons. The molecule has 1 aliphatic rings. The van der Waals surface area contributed by atoms with Gasteiger partial charge in [-0.1, -0.05) is 13.0 Å². The van der Waals surface area contributed by atoms with Gasteiger partial charge in [0.1, 0.15) is 12.2 Å². The van der Waals surface area contributed by atoms with E-state index in [2.05, 4.69) is 21.7 Å². The standard InChI is InChI=1S/C17H24N4O2S/c1-4-17-19-18-12-21(17)15-7-9-20(10-8-15)24(22,23)16-6-5-13(2)14(3)11-16/h5-6,11-12,15H,4,7-10H2,1-3H3. The molecule has 7 heteroatoms. The number of hydrogen-bond donors (Lipinski definition) is 0. The summed E-state index contributed by atoms with van der Waals surface area (Å²) in [6, 6.07) is 5.63. The number of sulfonamides is 1. The molecule has 24 heavy (non-hydrogen) atoms. The molecular weight excluding hydrogens is 324 g/mol. The van der Waals surface area contributed by atoms with Crippen molar-refractivity contribution >= 4 is 10.0 Å². The monoisotopic (exact) mass is 348 g/mol. The lowest BCUT2D eigenvalue weighted by atomic mass is 10.1. The number of rotatable bonds is 4. The average Bonchev–Trinajstić information content (AvgIpc) is 3.06. The van der Waals surface area contributed by atoms with Gasteiger partial charge in [0.25, 0.3) is 0 Å². The Kier molecular flexibility index (Phi) is 4.73. The molecule has 2 aromatic rings. The lowest BCUT2D eigenvalue weighted by Gasteiger charge is -2.32. The summed E-state index contributed by atoms with van der Waals surface area (Å²) < 4.78 is 29.4. The van der Waals surface area contributed by atoms with Crippen molar-refractivity contribution in [3.63, 3.8) is 0 Å². The van der Waals surface area contributed by atoms with Crippen molar-refractivity contribution in [2.24, 2.45) is 0 Å². The quantitative estimate of drug-likeness (QED) is 0.851. The maximum Gasteiger partial charge on any atom is 0.243 e. The molecule has 0 radical (unpaired) electrons.